The van der Waals surface area contributed by atoms with E-state index in [1.54, 1.807) is 18.2 Å². The van der Waals surface area contributed by atoms with E-state index in [9.17, 15) is 0 Å². The first-order valence-corrected chi connectivity index (χ1v) is 7.61. The summed E-state index contributed by atoms with van der Waals surface area (Å²) in [6.45, 7) is 0.942. The van der Waals surface area contributed by atoms with Crippen LogP contribution in [-0.2, 0) is 13.0 Å². The predicted octanol–water partition coefficient (Wildman–Crippen LogP) is 4.05. The van der Waals surface area contributed by atoms with Crippen LogP contribution in [0.15, 0.2) is 40.9 Å². The number of benzene rings is 2. The second-order valence-corrected chi connectivity index (χ2v) is 5.76. The maximum Gasteiger partial charge on any atom is 0.120 e. The maximum atomic E-state index is 8.81. The summed E-state index contributed by atoms with van der Waals surface area (Å²) in [6, 6.07) is 13.0. The molecule has 21 heavy (non-hydrogen) atoms. The Kier molecular flexibility index (Phi) is 5.63. The summed E-state index contributed by atoms with van der Waals surface area (Å²) in [5.41, 5.74) is 8.08. The van der Waals surface area contributed by atoms with E-state index in [4.69, 9.17) is 27.3 Å². The standard InChI is InChI=1S/C16H14BrClN2O/c17-15-4-3-14(8-12(15)5-6-19)21-10-13-2-1-11(9-20)7-16(13)18/h1-4,7-8H,5-6,10,19H2. The lowest BCUT2D eigenvalue weighted by Crippen LogP contribution is -2.04. The van der Waals surface area contributed by atoms with Crippen molar-refractivity contribution < 1.29 is 4.74 Å². The molecule has 0 aliphatic carbocycles. The first-order chi connectivity index (χ1) is 10.1. The molecule has 0 amide bonds. The number of hydrogen-bond donors (Lipinski definition) is 1. The van der Waals surface area contributed by atoms with Gasteiger partial charge in [-0.15, -0.1) is 0 Å². The van der Waals surface area contributed by atoms with E-state index in [1.807, 2.05) is 18.2 Å². The molecule has 0 aromatic heterocycles. The molecular formula is C16H14BrClN2O. The van der Waals surface area contributed by atoms with Crippen LogP contribution in [0.25, 0.3) is 0 Å². The Morgan fingerprint density at radius 2 is 2.00 bits per heavy atom. The normalized spacial score (nSPS) is 10.2. The van der Waals surface area contributed by atoms with Gasteiger partial charge in [0.25, 0.3) is 0 Å². The molecule has 3 nitrogen and oxygen atoms in total. The molecule has 0 bridgehead atoms. The Hall–Kier alpha value is -1.54. The Morgan fingerprint density at radius 1 is 1.19 bits per heavy atom. The minimum Gasteiger partial charge on any atom is -0.489 e. The molecule has 0 saturated heterocycles. The highest BCUT2D eigenvalue weighted by atomic mass is 79.9. The fourth-order valence-corrected chi connectivity index (χ4v) is 2.56. The third-order valence-corrected chi connectivity index (χ3v) is 4.13. The van der Waals surface area contributed by atoms with Gasteiger partial charge in [0.15, 0.2) is 0 Å². The van der Waals surface area contributed by atoms with Gasteiger partial charge in [-0.1, -0.05) is 33.6 Å². The average molecular weight is 366 g/mol. The third kappa shape index (κ3) is 4.21. The van der Waals surface area contributed by atoms with Gasteiger partial charge in [0, 0.05) is 15.1 Å². The lowest BCUT2D eigenvalue weighted by atomic mass is 10.1. The first-order valence-electron chi connectivity index (χ1n) is 6.44. The molecule has 108 valence electrons. The molecule has 2 rings (SSSR count). The Balaban J connectivity index is 2.10. The van der Waals surface area contributed by atoms with Crippen LogP contribution in [-0.4, -0.2) is 6.54 Å². The van der Waals surface area contributed by atoms with Crippen LogP contribution >= 0.6 is 27.5 Å². The lowest BCUT2D eigenvalue weighted by molar-refractivity contribution is 0.306. The fourth-order valence-electron chi connectivity index (χ4n) is 1.88. The van der Waals surface area contributed by atoms with Gasteiger partial charge in [-0.2, -0.15) is 5.26 Å². The minimum atomic E-state index is 0.355. The number of halogens is 2. The molecule has 0 atom stereocenters. The van der Waals surface area contributed by atoms with Crippen molar-refractivity contribution in [2.24, 2.45) is 5.73 Å². The molecule has 0 aliphatic heterocycles. The molecule has 0 heterocycles. The molecule has 0 aliphatic rings. The van der Waals surface area contributed by atoms with Crippen molar-refractivity contribution in [3.05, 3.63) is 62.6 Å². The van der Waals surface area contributed by atoms with E-state index in [2.05, 4.69) is 22.0 Å². The van der Waals surface area contributed by atoms with Crippen molar-refractivity contribution in [3.8, 4) is 11.8 Å². The average Bonchev–Trinajstić information content (AvgIpc) is 2.49. The summed E-state index contributed by atoms with van der Waals surface area (Å²) >= 11 is 9.62. The summed E-state index contributed by atoms with van der Waals surface area (Å²) in [4.78, 5) is 0. The Labute approximate surface area is 137 Å². The highest BCUT2D eigenvalue weighted by Gasteiger charge is 2.05. The quantitative estimate of drug-likeness (QED) is 0.869. The van der Waals surface area contributed by atoms with Crippen LogP contribution in [0.5, 0.6) is 5.75 Å². The van der Waals surface area contributed by atoms with E-state index in [-0.39, 0.29) is 0 Å². The van der Waals surface area contributed by atoms with Gasteiger partial charge in [-0.05, 0) is 48.9 Å². The van der Waals surface area contributed by atoms with Crippen LogP contribution in [0.4, 0.5) is 0 Å². The van der Waals surface area contributed by atoms with Crippen LogP contribution in [0.1, 0.15) is 16.7 Å². The number of hydrogen-bond acceptors (Lipinski definition) is 3. The van der Waals surface area contributed by atoms with Gasteiger partial charge in [-0.25, -0.2) is 0 Å². The zero-order valence-corrected chi connectivity index (χ0v) is 13.6. The number of nitrogens with two attached hydrogens (primary N) is 1. The van der Waals surface area contributed by atoms with Crippen molar-refractivity contribution in [2.45, 2.75) is 13.0 Å². The maximum absolute atomic E-state index is 8.81. The van der Waals surface area contributed by atoms with Gasteiger partial charge in [0.2, 0.25) is 0 Å². The van der Waals surface area contributed by atoms with E-state index < -0.39 is 0 Å². The highest BCUT2D eigenvalue weighted by Crippen LogP contribution is 2.25. The summed E-state index contributed by atoms with van der Waals surface area (Å²) < 4.78 is 6.78. The SMILES string of the molecule is N#Cc1ccc(COc2ccc(Br)c(CCN)c2)c(Cl)c1. The molecule has 2 N–H and O–H groups in total. The van der Waals surface area contributed by atoms with Crippen LogP contribution in [0.3, 0.4) is 0 Å². The largest absolute Gasteiger partial charge is 0.489 e. The van der Waals surface area contributed by atoms with E-state index in [1.165, 1.54) is 0 Å². The van der Waals surface area contributed by atoms with E-state index >= 15 is 0 Å². The molecule has 2 aromatic carbocycles. The smallest absolute Gasteiger partial charge is 0.120 e. The molecule has 0 unspecified atom stereocenters. The Bertz CT molecular complexity index is 682. The van der Waals surface area contributed by atoms with Crippen LogP contribution < -0.4 is 10.5 Å². The number of nitrogens with zero attached hydrogens (tertiary/aromatic N) is 1. The second kappa shape index (κ2) is 7.46. The monoisotopic (exact) mass is 364 g/mol. The number of nitriles is 1. The minimum absolute atomic E-state index is 0.355. The topological polar surface area (TPSA) is 59.0 Å². The lowest BCUT2D eigenvalue weighted by Gasteiger charge is -2.10. The van der Waals surface area contributed by atoms with Crippen molar-refractivity contribution in [3.63, 3.8) is 0 Å². The van der Waals surface area contributed by atoms with E-state index in [0.29, 0.717) is 23.7 Å². The van der Waals surface area contributed by atoms with Crippen molar-refractivity contribution in [2.75, 3.05) is 6.54 Å². The molecule has 5 heteroatoms. The fraction of sp³-hybridized carbons (Fsp3) is 0.188. The van der Waals surface area contributed by atoms with Gasteiger partial charge >= 0.3 is 0 Å². The molecule has 2 aromatic rings. The summed E-state index contributed by atoms with van der Waals surface area (Å²) in [6.07, 6.45) is 0.787. The molecule has 0 radical (unpaired) electrons. The van der Waals surface area contributed by atoms with Crippen molar-refractivity contribution >= 4 is 27.5 Å². The van der Waals surface area contributed by atoms with Crippen molar-refractivity contribution in [1.29, 1.82) is 5.26 Å². The van der Waals surface area contributed by atoms with Crippen LogP contribution in [0.2, 0.25) is 5.02 Å². The first kappa shape index (κ1) is 15.8. The summed E-state index contributed by atoms with van der Waals surface area (Å²) in [5, 5.41) is 9.35. The summed E-state index contributed by atoms with van der Waals surface area (Å²) in [5.74, 6) is 0.766. The zero-order valence-electron chi connectivity index (χ0n) is 11.3. The number of ether oxygens (including phenoxy) is 1. The van der Waals surface area contributed by atoms with E-state index in [0.717, 1.165) is 27.8 Å². The second-order valence-electron chi connectivity index (χ2n) is 4.50. The van der Waals surface area contributed by atoms with Crippen molar-refractivity contribution in [1.82, 2.24) is 0 Å². The van der Waals surface area contributed by atoms with Gasteiger partial charge in [0.1, 0.15) is 12.4 Å². The van der Waals surface area contributed by atoms with Gasteiger partial charge in [0.05, 0.1) is 11.6 Å². The zero-order chi connectivity index (χ0) is 15.2. The molecular weight excluding hydrogens is 352 g/mol. The highest BCUT2D eigenvalue weighted by molar-refractivity contribution is 9.10. The summed E-state index contributed by atoms with van der Waals surface area (Å²) in [7, 11) is 0. The molecule has 0 spiro atoms. The van der Waals surface area contributed by atoms with Crippen LogP contribution in [0, 0.1) is 11.3 Å². The third-order valence-electron chi connectivity index (χ3n) is 3.01. The Morgan fingerprint density at radius 3 is 2.67 bits per heavy atom. The molecule has 0 saturated carbocycles. The van der Waals surface area contributed by atoms with Gasteiger partial charge in [-0.3, -0.25) is 0 Å². The molecule has 0 fully saturated rings. The number of rotatable bonds is 5. The predicted molar refractivity (Wildman–Crippen MR) is 87.4 cm³/mol. The van der Waals surface area contributed by atoms with Gasteiger partial charge < -0.3 is 10.5 Å².